The lowest BCUT2D eigenvalue weighted by atomic mass is 9.96. The first-order chi connectivity index (χ1) is 8.22. The standard InChI is InChI=1S/C12H21N5/c1-9-11(8-14-17(9)2)12(16-13)15-10-6-4-3-5-7-10/h8,10H,3-7,13H2,1-2H3,(H,15,16). The third-order valence-corrected chi connectivity index (χ3v) is 3.51. The van der Waals surface area contributed by atoms with Gasteiger partial charge in [-0.25, -0.2) is 5.84 Å². The maximum atomic E-state index is 5.58. The summed E-state index contributed by atoms with van der Waals surface area (Å²) in [5, 5.41) is 4.22. The van der Waals surface area contributed by atoms with E-state index in [1.54, 1.807) is 0 Å². The Labute approximate surface area is 102 Å². The average Bonchev–Trinajstić information content (AvgIpc) is 2.69. The van der Waals surface area contributed by atoms with Gasteiger partial charge in [-0.05, 0) is 19.8 Å². The third kappa shape index (κ3) is 2.66. The first-order valence-electron chi connectivity index (χ1n) is 6.25. The van der Waals surface area contributed by atoms with Gasteiger partial charge < -0.3 is 5.43 Å². The molecule has 0 aliphatic heterocycles. The van der Waals surface area contributed by atoms with Gasteiger partial charge in [0.25, 0.3) is 0 Å². The summed E-state index contributed by atoms with van der Waals surface area (Å²) < 4.78 is 1.84. The lowest BCUT2D eigenvalue weighted by Crippen LogP contribution is -2.33. The normalized spacial score (nSPS) is 18.4. The summed E-state index contributed by atoms with van der Waals surface area (Å²) in [7, 11) is 1.92. The molecule has 1 saturated carbocycles. The third-order valence-electron chi connectivity index (χ3n) is 3.51. The minimum atomic E-state index is 0.411. The minimum Gasteiger partial charge on any atom is -0.308 e. The van der Waals surface area contributed by atoms with Crippen LogP contribution in [0, 0.1) is 6.92 Å². The number of hydrazine groups is 1. The lowest BCUT2D eigenvalue weighted by molar-refractivity contribution is 0.442. The Morgan fingerprint density at radius 3 is 2.71 bits per heavy atom. The van der Waals surface area contributed by atoms with Crippen molar-refractivity contribution < 1.29 is 0 Å². The second-order valence-corrected chi connectivity index (χ2v) is 4.68. The molecular formula is C12H21N5. The van der Waals surface area contributed by atoms with E-state index >= 15 is 0 Å². The highest BCUT2D eigenvalue weighted by Gasteiger charge is 2.15. The zero-order valence-electron chi connectivity index (χ0n) is 10.6. The molecule has 0 atom stereocenters. The van der Waals surface area contributed by atoms with Gasteiger partial charge in [-0.2, -0.15) is 5.10 Å². The zero-order valence-corrected chi connectivity index (χ0v) is 10.6. The van der Waals surface area contributed by atoms with Crippen LogP contribution in [0.15, 0.2) is 11.2 Å². The van der Waals surface area contributed by atoms with Crippen molar-refractivity contribution in [2.24, 2.45) is 17.9 Å². The first-order valence-corrected chi connectivity index (χ1v) is 6.25. The van der Waals surface area contributed by atoms with Gasteiger partial charge in [0.1, 0.15) is 5.84 Å². The van der Waals surface area contributed by atoms with Crippen LogP contribution in [0.5, 0.6) is 0 Å². The summed E-state index contributed by atoms with van der Waals surface area (Å²) >= 11 is 0. The Bertz CT molecular complexity index is 401. The molecular weight excluding hydrogens is 214 g/mol. The van der Waals surface area contributed by atoms with E-state index in [2.05, 4.69) is 10.5 Å². The van der Waals surface area contributed by atoms with Crippen molar-refractivity contribution in [1.82, 2.24) is 15.2 Å². The molecule has 0 unspecified atom stereocenters. The number of hydrogen-bond donors (Lipinski definition) is 2. The number of nitrogens with two attached hydrogens (primary N) is 1. The smallest absolute Gasteiger partial charge is 0.146 e. The van der Waals surface area contributed by atoms with Gasteiger partial charge in [-0.15, -0.1) is 0 Å². The Hall–Kier alpha value is -1.36. The number of aliphatic imine (C=N–C) groups is 1. The average molecular weight is 235 g/mol. The van der Waals surface area contributed by atoms with E-state index in [9.17, 15) is 0 Å². The van der Waals surface area contributed by atoms with Gasteiger partial charge in [0.05, 0.1) is 17.8 Å². The topological polar surface area (TPSA) is 68.2 Å². The summed E-state index contributed by atoms with van der Waals surface area (Å²) in [6.07, 6.45) is 8.05. The van der Waals surface area contributed by atoms with Crippen molar-refractivity contribution in [2.75, 3.05) is 0 Å². The highest BCUT2D eigenvalue weighted by atomic mass is 15.3. The fraction of sp³-hybridized carbons (Fsp3) is 0.667. The number of hydrogen-bond acceptors (Lipinski definition) is 3. The molecule has 2 rings (SSSR count). The van der Waals surface area contributed by atoms with Gasteiger partial charge >= 0.3 is 0 Å². The molecule has 0 aromatic carbocycles. The fourth-order valence-corrected chi connectivity index (χ4v) is 2.31. The molecule has 5 heteroatoms. The van der Waals surface area contributed by atoms with Gasteiger partial charge in [-0.1, -0.05) is 19.3 Å². The monoisotopic (exact) mass is 235 g/mol. The molecule has 0 spiro atoms. The second-order valence-electron chi connectivity index (χ2n) is 4.68. The second kappa shape index (κ2) is 5.31. The molecule has 3 N–H and O–H groups in total. The van der Waals surface area contributed by atoms with Crippen LogP contribution in [0.1, 0.15) is 43.4 Å². The molecule has 1 heterocycles. The highest BCUT2D eigenvalue weighted by Crippen LogP contribution is 2.21. The van der Waals surface area contributed by atoms with Gasteiger partial charge in [0.2, 0.25) is 0 Å². The SMILES string of the molecule is Cc1c(C(=NC2CCCCC2)NN)cnn1C. The lowest BCUT2D eigenvalue weighted by Gasteiger charge is -2.19. The van der Waals surface area contributed by atoms with Gasteiger partial charge in [0, 0.05) is 12.7 Å². The van der Waals surface area contributed by atoms with Gasteiger partial charge in [-0.3, -0.25) is 9.67 Å². The number of nitrogens with zero attached hydrogens (tertiary/aromatic N) is 3. The molecule has 1 aromatic heterocycles. The Morgan fingerprint density at radius 2 is 2.18 bits per heavy atom. The van der Waals surface area contributed by atoms with Crippen molar-refractivity contribution in [2.45, 2.75) is 45.1 Å². The predicted molar refractivity (Wildman–Crippen MR) is 68.7 cm³/mol. The maximum Gasteiger partial charge on any atom is 0.146 e. The fourth-order valence-electron chi connectivity index (χ4n) is 2.31. The molecule has 1 aliphatic rings. The van der Waals surface area contributed by atoms with Crippen LogP contribution in [0.25, 0.3) is 0 Å². The molecule has 5 nitrogen and oxygen atoms in total. The molecule has 94 valence electrons. The molecule has 0 amide bonds. The van der Waals surface area contributed by atoms with Crippen LogP contribution >= 0.6 is 0 Å². The van der Waals surface area contributed by atoms with Gasteiger partial charge in [0.15, 0.2) is 0 Å². The summed E-state index contributed by atoms with van der Waals surface area (Å²) in [5.74, 6) is 6.35. The largest absolute Gasteiger partial charge is 0.308 e. The summed E-state index contributed by atoms with van der Waals surface area (Å²) in [5.41, 5.74) is 4.80. The molecule has 1 aromatic rings. The van der Waals surface area contributed by atoms with E-state index in [4.69, 9.17) is 10.8 Å². The summed E-state index contributed by atoms with van der Waals surface area (Å²) in [6, 6.07) is 0.411. The van der Waals surface area contributed by atoms with Crippen LogP contribution in [0.2, 0.25) is 0 Å². The van der Waals surface area contributed by atoms with E-state index in [-0.39, 0.29) is 0 Å². The first kappa shape index (κ1) is 12.1. The number of rotatable bonds is 2. The van der Waals surface area contributed by atoms with E-state index in [1.165, 1.54) is 32.1 Å². The number of aromatic nitrogens is 2. The molecule has 17 heavy (non-hydrogen) atoms. The van der Waals surface area contributed by atoms with Crippen LogP contribution in [0.4, 0.5) is 0 Å². The summed E-state index contributed by atoms with van der Waals surface area (Å²) in [6.45, 7) is 2.02. The van der Waals surface area contributed by atoms with Crippen molar-refractivity contribution in [3.63, 3.8) is 0 Å². The molecule has 1 fully saturated rings. The number of amidine groups is 1. The van der Waals surface area contributed by atoms with Crippen LogP contribution < -0.4 is 11.3 Å². The Morgan fingerprint density at radius 1 is 1.47 bits per heavy atom. The highest BCUT2D eigenvalue weighted by molar-refractivity contribution is 5.99. The summed E-state index contributed by atoms with van der Waals surface area (Å²) in [4.78, 5) is 4.73. The van der Waals surface area contributed by atoms with Crippen LogP contribution in [0.3, 0.4) is 0 Å². The molecule has 0 saturated heterocycles. The molecule has 0 radical (unpaired) electrons. The quantitative estimate of drug-likeness (QED) is 0.351. The number of nitrogens with one attached hydrogen (secondary N) is 1. The van der Waals surface area contributed by atoms with Crippen molar-refractivity contribution in [3.8, 4) is 0 Å². The van der Waals surface area contributed by atoms with Crippen molar-refractivity contribution in [3.05, 3.63) is 17.5 Å². The Kier molecular flexibility index (Phi) is 3.78. The molecule has 0 bridgehead atoms. The van der Waals surface area contributed by atoms with Crippen molar-refractivity contribution in [1.29, 1.82) is 0 Å². The van der Waals surface area contributed by atoms with Crippen LogP contribution in [-0.2, 0) is 7.05 Å². The van der Waals surface area contributed by atoms with Crippen molar-refractivity contribution >= 4 is 5.84 Å². The predicted octanol–water partition coefficient (Wildman–Crippen LogP) is 1.27. The zero-order chi connectivity index (χ0) is 12.3. The van der Waals surface area contributed by atoms with E-state index in [1.807, 2.05) is 24.9 Å². The van der Waals surface area contributed by atoms with E-state index < -0.39 is 0 Å². The molecule has 1 aliphatic carbocycles. The maximum absolute atomic E-state index is 5.58. The Balaban J connectivity index is 2.20. The van der Waals surface area contributed by atoms with E-state index in [0.29, 0.717) is 6.04 Å². The van der Waals surface area contributed by atoms with Crippen LogP contribution in [-0.4, -0.2) is 21.7 Å². The minimum absolute atomic E-state index is 0.411. The number of aryl methyl sites for hydroxylation is 1. The van der Waals surface area contributed by atoms with E-state index in [0.717, 1.165) is 17.1 Å².